The van der Waals surface area contributed by atoms with Crippen molar-refractivity contribution in [3.8, 4) is 0 Å². The molecule has 3 fully saturated rings. The molecular formula is C28H38N2O4S. The Morgan fingerprint density at radius 1 is 0.943 bits per heavy atom. The fourth-order valence-corrected chi connectivity index (χ4v) is 7.29. The van der Waals surface area contributed by atoms with Crippen LogP contribution in [0.5, 0.6) is 0 Å². The molecule has 2 aliphatic heterocycles. The van der Waals surface area contributed by atoms with Gasteiger partial charge in [0.2, 0.25) is 5.91 Å². The second kappa shape index (κ2) is 11.0. The molecule has 7 heteroatoms. The Bertz CT molecular complexity index is 1030. The summed E-state index contributed by atoms with van der Waals surface area (Å²) in [5, 5.41) is 1.73. The summed E-state index contributed by atoms with van der Waals surface area (Å²) in [5.74, 6) is 1.47. The highest BCUT2D eigenvalue weighted by Crippen LogP contribution is 2.36. The number of hydrogen-bond donors (Lipinski definition) is 0. The number of nitrogens with zero attached hydrogens (tertiary/aromatic N) is 2. The van der Waals surface area contributed by atoms with E-state index in [1.165, 1.54) is 32.1 Å². The average Bonchev–Trinajstić information content (AvgIpc) is 3.25. The molecule has 0 bridgehead atoms. The quantitative estimate of drug-likeness (QED) is 0.546. The van der Waals surface area contributed by atoms with Crippen LogP contribution in [0, 0.1) is 5.92 Å². The highest BCUT2D eigenvalue weighted by molar-refractivity contribution is 7.99. The maximum Gasteiger partial charge on any atom is 0.289 e. The number of fused-ring (bicyclic) bond motifs is 1. The lowest BCUT2D eigenvalue weighted by Crippen LogP contribution is -2.51. The minimum absolute atomic E-state index is 0.0199. The van der Waals surface area contributed by atoms with Crippen molar-refractivity contribution in [1.82, 2.24) is 9.80 Å². The largest absolute Gasteiger partial charge is 0.451 e. The molecule has 2 saturated heterocycles. The second-order valence-electron chi connectivity index (χ2n) is 10.5. The van der Waals surface area contributed by atoms with Crippen LogP contribution in [0.3, 0.4) is 0 Å². The summed E-state index contributed by atoms with van der Waals surface area (Å²) in [5.41, 5.74) is 1.83. The molecule has 35 heavy (non-hydrogen) atoms. The van der Waals surface area contributed by atoms with E-state index in [9.17, 15) is 9.59 Å². The molecule has 2 unspecified atom stereocenters. The van der Waals surface area contributed by atoms with Crippen molar-refractivity contribution >= 4 is 34.5 Å². The number of benzene rings is 1. The number of para-hydroxylation sites is 1. The number of amides is 2. The van der Waals surface area contributed by atoms with Crippen LogP contribution < -0.4 is 0 Å². The third kappa shape index (κ3) is 5.56. The predicted molar refractivity (Wildman–Crippen MR) is 140 cm³/mol. The maximum atomic E-state index is 13.6. The zero-order valence-corrected chi connectivity index (χ0v) is 21.9. The zero-order chi connectivity index (χ0) is 24.4. The molecular weight excluding hydrogens is 460 g/mol. The molecule has 1 aromatic carbocycles. The topological polar surface area (TPSA) is 63.0 Å². The summed E-state index contributed by atoms with van der Waals surface area (Å²) in [6.07, 6.45) is 8.06. The van der Waals surface area contributed by atoms with Crippen LogP contribution in [0.1, 0.15) is 74.9 Å². The van der Waals surface area contributed by atoms with E-state index in [1.54, 1.807) is 0 Å². The molecule has 5 rings (SSSR count). The number of thioether (sulfide) groups is 1. The summed E-state index contributed by atoms with van der Waals surface area (Å²) < 4.78 is 11.9. The number of carbonyl (C=O) groups excluding carboxylic acids is 2. The number of furan rings is 1. The number of rotatable bonds is 5. The van der Waals surface area contributed by atoms with Gasteiger partial charge in [0.05, 0.1) is 12.2 Å². The fourth-order valence-electron chi connectivity index (χ4n) is 5.94. The van der Waals surface area contributed by atoms with Crippen molar-refractivity contribution in [3.05, 3.63) is 35.6 Å². The number of likely N-dealkylation sites (tertiary alicyclic amines) is 1. The number of ether oxygens (including phenoxy) is 1. The SMILES string of the molecule is CC1CN(C(=O)C2CCN(C(=O)c3oc4ccccc4c3CSC3CCCCC3)CC2)CC(C)O1. The van der Waals surface area contributed by atoms with Gasteiger partial charge in [0.25, 0.3) is 5.91 Å². The predicted octanol–water partition coefficient (Wildman–Crippen LogP) is 5.49. The third-order valence-corrected chi connectivity index (χ3v) is 9.17. The van der Waals surface area contributed by atoms with Gasteiger partial charge in [-0.05, 0) is 45.6 Å². The molecule has 3 heterocycles. The van der Waals surface area contributed by atoms with Crippen molar-refractivity contribution in [2.24, 2.45) is 5.92 Å². The Kier molecular flexibility index (Phi) is 7.73. The van der Waals surface area contributed by atoms with Crippen molar-refractivity contribution < 1.29 is 18.7 Å². The van der Waals surface area contributed by atoms with E-state index in [4.69, 9.17) is 9.15 Å². The molecule has 2 amide bonds. The maximum absolute atomic E-state index is 13.6. The first-order valence-corrected chi connectivity index (χ1v) is 14.4. The number of piperidine rings is 1. The molecule has 2 atom stereocenters. The van der Waals surface area contributed by atoms with E-state index in [2.05, 4.69) is 6.07 Å². The first-order chi connectivity index (χ1) is 17.0. The van der Waals surface area contributed by atoms with Crippen molar-refractivity contribution in [1.29, 1.82) is 0 Å². The number of hydrogen-bond acceptors (Lipinski definition) is 5. The normalized spacial score (nSPS) is 24.7. The van der Waals surface area contributed by atoms with Gasteiger partial charge in [-0.3, -0.25) is 9.59 Å². The standard InChI is InChI=1S/C28H38N2O4S/c1-19-16-30(17-20(2)33-19)27(31)21-12-14-29(15-13-21)28(32)26-24(18-35-22-8-4-3-5-9-22)23-10-6-7-11-25(23)34-26/h6-7,10-11,19-22H,3-5,8-9,12-18H2,1-2H3. The number of carbonyl (C=O) groups is 2. The Labute approximate surface area is 212 Å². The molecule has 2 aromatic rings. The Hall–Kier alpha value is -1.99. The molecule has 190 valence electrons. The zero-order valence-electron chi connectivity index (χ0n) is 21.0. The summed E-state index contributed by atoms with van der Waals surface area (Å²) in [7, 11) is 0. The highest BCUT2D eigenvalue weighted by atomic mass is 32.2. The molecule has 0 radical (unpaired) electrons. The van der Waals surface area contributed by atoms with Gasteiger partial charge in [0.15, 0.2) is 5.76 Å². The van der Waals surface area contributed by atoms with Gasteiger partial charge in [0, 0.05) is 54.0 Å². The van der Waals surface area contributed by atoms with Crippen LogP contribution in [0.15, 0.2) is 28.7 Å². The van der Waals surface area contributed by atoms with Crippen molar-refractivity contribution in [3.63, 3.8) is 0 Å². The van der Waals surface area contributed by atoms with Crippen LogP contribution in [-0.4, -0.2) is 65.3 Å². The highest BCUT2D eigenvalue weighted by Gasteiger charge is 2.35. The van der Waals surface area contributed by atoms with Crippen LogP contribution in [-0.2, 0) is 15.3 Å². The first kappa shape index (κ1) is 24.7. The summed E-state index contributed by atoms with van der Waals surface area (Å²) in [4.78, 5) is 30.6. The van der Waals surface area contributed by atoms with Crippen molar-refractivity contribution in [2.75, 3.05) is 26.2 Å². The van der Waals surface area contributed by atoms with Gasteiger partial charge in [-0.1, -0.05) is 37.5 Å². The van der Waals surface area contributed by atoms with Crippen molar-refractivity contribution in [2.45, 2.75) is 82.0 Å². The lowest BCUT2D eigenvalue weighted by Gasteiger charge is -2.39. The minimum atomic E-state index is -0.0278. The average molecular weight is 499 g/mol. The smallest absolute Gasteiger partial charge is 0.289 e. The van der Waals surface area contributed by atoms with Gasteiger partial charge >= 0.3 is 0 Å². The Balaban J connectivity index is 1.25. The van der Waals surface area contributed by atoms with Gasteiger partial charge in [-0.25, -0.2) is 0 Å². The minimum Gasteiger partial charge on any atom is -0.451 e. The first-order valence-electron chi connectivity index (χ1n) is 13.3. The second-order valence-corrected chi connectivity index (χ2v) is 11.8. The molecule has 1 aliphatic carbocycles. The van der Waals surface area contributed by atoms with Crippen LogP contribution in [0.25, 0.3) is 11.0 Å². The summed E-state index contributed by atoms with van der Waals surface area (Å²) in [6, 6.07) is 8.01. The van der Waals surface area contributed by atoms with Gasteiger partial charge in [-0.15, -0.1) is 0 Å². The molecule has 1 aromatic heterocycles. The van der Waals surface area contributed by atoms with E-state index in [0.29, 0.717) is 50.0 Å². The van der Waals surface area contributed by atoms with Gasteiger partial charge in [0.1, 0.15) is 5.58 Å². The molecule has 0 N–H and O–H groups in total. The van der Waals surface area contributed by atoms with Crippen LogP contribution >= 0.6 is 11.8 Å². The van der Waals surface area contributed by atoms with E-state index >= 15 is 0 Å². The van der Waals surface area contributed by atoms with Crippen LogP contribution in [0.4, 0.5) is 0 Å². The van der Waals surface area contributed by atoms with E-state index in [1.807, 2.05) is 53.6 Å². The Morgan fingerprint density at radius 2 is 1.63 bits per heavy atom. The fraction of sp³-hybridized carbons (Fsp3) is 0.643. The number of morpholine rings is 1. The lowest BCUT2D eigenvalue weighted by atomic mass is 9.94. The van der Waals surface area contributed by atoms with Crippen LogP contribution in [0.2, 0.25) is 0 Å². The van der Waals surface area contributed by atoms with Gasteiger partial charge < -0.3 is 19.0 Å². The molecule has 3 aliphatic rings. The van der Waals surface area contributed by atoms with Gasteiger partial charge in [-0.2, -0.15) is 11.8 Å². The van der Waals surface area contributed by atoms with E-state index < -0.39 is 0 Å². The molecule has 1 saturated carbocycles. The monoisotopic (exact) mass is 498 g/mol. The third-order valence-electron chi connectivity index (χ3n) is 7.77. The lowest BCUT2D eigenvalue weighted by molar-refractivity contribution is -0.148. The molecule has 6 nitrogen and oxygen atoms in total. The summed E-state index contributed by atoms with van der Waals surface area (Å²) >= 11 is 1.98. The summed E-state index contributed by atoms with van der Waals surface area (Å²) in [6.45, 7) is 6.55. The molecule has 0 spiro atoms. The Morgan fingerprint density at radius 3 is 2.34 bits per heavy atom. The van der Waals surface area contributed by atoms with E-state index in [-0.39, 0.29) is 29.9 Å². The van der Waals surface area contributed by atoms with E-state index in [0.717, 1.165) is 22.3 Å².